The van der Waals surface area contributed by atoms with Crippen LogP contribution in [0, 0.1) is 6.92 Å². The molecule has 0 radical (unpaired) electrons. The van der Waals surface area contributed by atoms with Crippen LogP contribution in [0.1, 0.15) is 11.1 Å². The number of anilines is 1. The van der Waals surface area contributed by atoms with Crippen molar-refractivity contribution in [1.82, 2.24) is 9.97 Å². The molecule has 0 bridgehead atoms. The first-order valence-corrected chi connectivity index (χ1v) is 6.28. The van der Waals surface area contributed by atoms with Gasteiger partial charge >= 0.3 is 6.18 Å². The van der Waals surface area contributed by atoms with E-state index in [0.717, 1.165) is 17.7 Å². The molecule has 6 heteroatoms. The molecule has 0 aliphatic heterocycles. The average molecular weight is 291 g/mol. The number of alkyl halides is 3. The largest absolute Gasteiger partial charge is 0.416 e. The second-order valence-corrected chi connectivity index (χ2v) is 4.91. The second kappa shape index (κ2) is 4.51. The summed E-state index contributed by atoms with van der Waals surface area (Å²) in [5.74, 6) is 0.463. The quantitative estimate of drug-likeness (QED) is 0.662. The molecule has 0 unspecified atom stereocenters. The molecule has 0 atom stereocenters. The Morgan fingerprint density at radius 3 is 2.57 bits per heavy atom. The highest BCUT2D eigenvalue weighted by molar-refractivity contribution is 5.83. The standard InChI is InChI=1S/C15H12F3N3/c1-8-2-4-11(19)10(6-8)14-20-12-5-3-9(15(16,17)18)7-13(12)21-14/h2-7H,19H2,1H3,(H,20,21). The van der Waals surface area contributed by atoms with Crippen molar-refractivity contribution in [3.63, 3.8) is 0 Å². The number of H-pyrrole nitrogens is 1. The fourth-order valence-corrected chi connectivity index (χ4v) is 2.19. The molecule has 0 saturated carbocycles. The molecule has 2 aromatic carbocycles. The maximum absolute atomic E-state index is 12.7. The summed E-state index contributed by atoms with van der Waals surface area (Å²) in [7, 11) is 0. The molecule has 1 heterocycles. The van der Waals surface area contributed by atoms with Crippen LogP contribution in [0.15, 0.2) is 36.4 Å². The highest BCUT2D eigenvalue weighted by Crippen LogP contribution is 2.32. The molecule has 3 rings (SSSR count). The Bertz CT molecular complexity index is 819. The van der Waals surface area contributed by atoms with Crippen molar-refractivity contribution in [2.24, 2.45) is 0 Å². The van der Waals surface area contributed by atoms with Crippen LogP contribution in [0.25, 0.3) is 22.4 Å². The third-order valence-corrected chi connectivity index (χ3v) is 3.27. The van der Waals surface area contributed by atoms with E-state index in [1.165, 1.54) is 6.07 Å². The number of hydrogen-bond acceptors (Lipinski definition) is 2. The smallest absolute Gasteiger partial charge is 0.398 e. The lowest BCUT2D eigenvalue weighted by molar-refractivity contribution is -0.137. The number of hydrogen-bond donors (Lipinski definition) is 2. The van der Waals surface area contributed by atoms with Crippen LogP contribution in [0.3, 0.4) is 0 Å². The van der Waals surface area contributed by atoms with Gasteiger partial charge in [-0.15, -0.1) is 0 Å². The van der Waals surface area contributed by atoms with E-state index in [9.17, 15) is 13.2 Å². The Kier molecular flexibility index (Phi) is 2.90. The number of rotatable bonds is 1. The first-order valence-electron chi connectivity index (χ1n) is 6.28. The number of aryl methyl sites for hydroxylation is 1. The average Bonchev–Trinajstić information content (AvgIpc) is 2.83. The van der Waals surface area contributed by atoms with Crippen LogP contribution in [-0.2, 0) is 6.18 Å². The van der Waals surface area contributed by atoms with Gasteiger partial charge in [-0.25, -0.2) is 4.98 Å². The Balaban J connectivity index is 2.15. The Labute approximate surface area is 118 Å². The fraction of sp³-hybridized carbons (Fsp3) is 0.133. The Morgan fingerprint density at radius 2 is 1.86 bits per heavy atom. The summed E-state index contributed by atoms with van der Waals surface area (Å²) in [5.41, 5.74) is 8.20. The maximum atomic E-state index is 12.7. The molecular weight excluding hydrogens is 279 g/mol. The van der Waals surface area contributed by atoms with E-state index in [-0.39, 0.29) is 0 Å². The van der Waals surface area contributed by atoms with Crippen LogP contribution in [-0.4, -0.2) is 9.97 Å². The molecule has 21 heavy (non-hydrogen) atoms. The summed E-state index contributed by atoms with van der Waals surface area (Å²) < 4.78 is 38.1. The van der Waals surface area contributed by atoms with Gasteiger partial charge in [-0.05, 0) is 37.3 Å². The van der Waals surface area contributed by atoms with E-state index < -0.39 is 11.7 Å². The minimum atomic E-state index is -4.37. The third-order valence-electron chi connectivity index (χ3n) is 3.27. The molecule has 108 valence electrons. The number of nitrogen functional groups attached to an aromatic ring is 1. The predicted molar refractivity (Wildman–Crippen MR) is 75.7 cm³/mol. The Morgan fingerprint density at radius 1 is 1.10 bits per heavy atom. The van der Waals surface area contributed by atoms with E-state index >= 15 is 0 Å². The van der Waals surface area contributed by atoms with Crippen molar-refractivity contribution >= 4 is 16.7 Å². The summed E-state index contributed by atoms with van der Waals surface area (Å²) in [6, 6.07) is 8.88. The highest BCUT2D eigenvalue weighted by Gasteiger charge is 2.30. The van der Waals surface area contributed by atoms with E-state index in [0.29, 0.717) is 28.1 Å². The first-order chi connectivity index (χ1) is 9.84. The van der Waals surface area contributed by atoms with Gasteiger partial charge in [-0.1, -0.05) is 11.6 Å². The van der Waals surface area contributed by atoms with Gasteiger partial charge in [0.25, 0.3) is 0 Å². The van der Waals surface area contributed by atoms with Gasteiger partial charge in [0.2, 0.25) is 0 Å². The maximum Gasteiger partial charge on any atom is 0.416 e. The number of nitrogens with one attached hydrogen (secondary N) is 1. The second-order valence-electron chi connectivity index (χ2n) is 4.91. The number of imidazole rings is 1. The lowest BCUT2D eigenvalue weighted by Gasteiger charge is -2.05. The lowest BCUT2D eigenvalue weighted by Crippen LogP contribution is -2.04. The van der Waals surface area contributed by atoms with E-state index in [4.69, 9.17) is 5.73 Å². The molecule has 0 aliphatic carbocycles. The van der Waals surface area contributed by atoms with Crippen LogP contribution < -0.4 is 5.73 Å². The molecule has 3 nitrogen and oxygen atoms in total. The van der Waals surface area contributed by atoms with Gasteiger partial charge in [-0.3, -0.25) is 0 Å². The van der Waals surface area contributed by atoms with E-state index in [1.54, 1.807) is 6.07 Å². The number of halogens is 3. The van der Waals surface area contributed by atoms with Crippen LogP contribution in [0.2, 0.25) is 0 Å². The lowest BCUT2D eigenvalue weighted by atomic mass is 10.1. The number of fused-ring (bicyclic) bond motifs is 1. The van der Waals surface area contributed by atoms with Crippen molar-refractivity contribution in [2.45, 2.75) is 13.1 Å². The normalized spacial score (nSPS) is 12.0. The summed E-state index contributed by atoms with van der Waals surface area (Å²) in [6.07, 6.45) is -4.37. The number of benzene rings is 2. The highest BCUT2D eigenvalue weighted by atomic mass is 19.4. The SMILES string of the molecule is Cc1ccc(N)c(-c2nc3ccc(C(F)(F)F)cc3[nH]2)c1. The summed E-state index contributed by atoms with van der Waals surface area (Å²) in [6.45, 7) is 1.91. The van der Waals surface area contributed by atoms with Crippen molar-refractivity contribution in [3.8, 4) is 11.4 Å². The molecule has 3 aromatic rings. The number of aromatic nitrogens is 2. The van der Waals surface area contributed by atoms with Crippen molar-refractivity contribution < 1.29 is 13.2 Å². The topological polar surface area (TPSA) is 54.7 Å². The summed E-state index contributed by atoms with van der Waals surface area (Å²) in [4.78, 5) is 7.21. The first kappa shape index (κ1) is 13.5. The zero-order chi connectivity index (χ0) is 15.2. The van der Waals surface area contributed by atoms with Gasteiger partial charge in [0, 0.05) is 11.3 Å². The van der Waals surface area contributed by atoms with Gasteiger partial charge in [0.05, 0.1) is 16.6 Å². The zero-order valence-electron chi connectivity index (χ0n) is 11.1. The van der Waals surface area contributed by atoms with Gasteiger partial charge in [0.15, 0.2) is 0 Å². The summed E-state index contributed by atoms with van der Waals surface area (Å²) in [5, 5.41) is 0. The molecule has 1 aromatic heterocycles. The minimum absolute atomic E-state index is 0.334. The van der Waals surface area contributed by atoms with E-state index in [1.807, 2.05) is 19.1 Å². The van der Waals surface area contributed by atoms with Gasteiger partial charge in [-0.2, -0.15) is 13.2 Å². The van der Waals surface area contributed by atoms with Crippen molar-refractivity contribution in [1.29, 1.82) is 0 Å². The zero-order valence-corrected chi connectivity index (χ0v) is 11.1. The molecule has 0 amide bonds. The van der Waals surface area contributed by atoms with Crippen LogP contribution in [0.4, 0.5) is 18.9 Å². The molecule has 0 spiro atoms. The summed E-state index contributed by atoms with van der Waals surface area (Å²) >= 11 is 0. The fourth-order valence-electron chi connectivity index (χ4n) is 2.19. The number of nitrogens with two attached hydrogens (primary N) is 1. The molecule has 3 N–H and O–H groups in total. The molecule has 0 saturated heterocycles. The number of aromatic amines is 1. The van der Waals surface area contributed by atoms with Crippen LogP contribution >= 0.6 is 0 Å². The molecule has 0 aliphatic rings. The molecule has 0 fully saturated rings. The monoisotopic (exact) mass is 291 g/mol. The minimum Gasteiger partial charge on any atom is -0.398 e. The van der Waals surface area contributed by atoms with Crippen LogP contribution in [0.5, 0.6) is 0 Å². The van der Waals surface area contributed by atoms with Crippen molar-refractivity contribution in [3.05, 3.63) is 47.5 Å². The van der Waals surface area contributed by atoms with Gasteiger partial charge < -0.3 is 10.7 Å². The van der Waals surface area contributed by atoms with Gasteiger partial charge in [0.1, 0.15) is 5.82 Å². The third kappa shape index (κ3) is 2.44. The van der Waals surface area contributed by atoms with E-state index in [2.05, 4.69) is 9.97 Å². The Hall–Kier alpha value is -2.50. The predicted octanol–water partition coefficient (Wildman–Crippen LogP) is 4.14. The molecular formula is C15H12F3N3. The number of nitrogens with zero attached hydrogens (tertiary/aromatic N) is 1. The van der Waals surface area contributed by atoms with Crippen molar-refractivity contribution in [2.75, 3.05) is 5.73 Å².